The highest BCUT2D eigenvalue weighted by Crippen LogP contribution is 1.90. The third-order valence-electron chi connectivity index (χ3n) is 1.81. The molecule has 84 valence electrons. The lowest BCUT2D eigenvalue weighted by Crippen LogP contribution is -2.45. The van der Waals surface area contributed by atoms with Crippen LogP contribution in [0, 0.1) is 0 Å². The Labute approximate surface area is 86.8 Å². The van der Waals surface area contributed by atoms with Gasteiger partial charge in [-0.15, -0.1) is 0 Å². The summed E-state index contributed by atoms with van der Waals surface area (Å²) in [5, 5.41) is 2.55. The van der Waals surface area contributed by atoms with E-state index in [1.165, 1.54) is 7.11 Å². The minimum Gasteiger partial charge on any atom is -0.383 e. The van der Waals surface area contributed by atoms with Crippen molar-refractivity contribution in [2.24, 2.45) is 5.73 Å². The molecule has 0 fully saturated rings. The Kier molecular flexibility index (Phi) is 6.69. The lowest BCUT2D eigenvalue weighted by Gasteiger charge is -2.13. The summed E-state index contributed by atoms with van der Waals surface area (Å²) in [5.41, 5.74) is 5.48. The molecule has 0 aromatic carbocycles. The Balaban J connectivity index is 3.78. The quantitative estimate of drug-likeness (QED) is 0.594. The first kappa shape index (κ1) is 13.5. The maximum atomic E-state index is 11.2. The molecule has 0 heterocycles. The highest BCUT2D eigenvalue weighted by Gasteiger charge is 2.14. The fourth-order valence-corrected chi connectivity index (χ4v) is 1.07. The van der Waals surface area contributed by atoms with Gasteiger partial charge in [-0.2, -0.15) is 0 Å². The number of nitrogens with one attached hydrogen (secondary N) is 1. The van der Waals surface area contributed by atoms with E-state index in [1.807, 2.05) is 0 Å². The second-order valence-corrected chi connectivity index (χ2v) is 4.92. The van der Waals surface area contributed by atoms with Crippen LogP contribution in [-0.4, -0.2) is 47.9 Å². The number of ether oxygens (including phenoxy) is 1. The predicted octanol–water partition coefficient (Wildman–Crippen LogP) is -1.16. The van der Waals surface area contributed by atoms with Crippen LogP contribution in [0.25, 0.3) is 0 Å². The average molecular weight is 222 g/mol. The Bertz CT molecular complexity index is 211. The summed E-state index contributed by atoms with van der Waals surface area (Å²) >= 11 is 0. The topological polar surface area (TPSA) is 81.4 Å². The molecular weight excluding hydrogens is 204 g/mol. The van der Waals surface area contributed by atoms with Crippen molar-refractivity contribution in [3.05, 3.63) is 0 Å². The van der Waals surface area contributed by atoms with Crippen LogP contribution in [0.4, 0.5) is 0 Å². The van der Waals surface area contributed by atoms with Gasteiger partial charge in [0.25, 0.3) is 0 Å². The van der Waals surface area contributed by atoms with Gasteiger partial charge in [0.05, 0.1) is 6.61 Å². The van der Waals surface area contributed by atoms with Crippen molar-refractivity contribution >= 4 is 16.7 Å². The monoisotopic (exact) mass is 222 g/mol. The van der Waals surface area contributed by atoms with Gasteiger partial charge in [-0.3, -0.25) is 9.00 Å². The van der Waals surface area contributed by atoms with E-state index in [4.69, 9.17) is 10.5 Å². The number of methoxy groups -OCH3 is 1. The number of rotatable bonds is 6. The molecule has 6 heteroatoms. The zero-order valence-corrected chi connectivity index (χ0v) is 9.60. The Morgan fingerprint density at radius 2 is 2.21 bits per heavy atom. The van der Waals surface area contributed by atoms with Crippen molar-refractivity contribution < 1.29 is 13.7 Å². The smallest absolute Gasteiger partial charge is 0.239 e. The summed E-state index contributed by atoms with van der Waals surface area (Å²) in [6, 6.07) is -0.655. The molecular formula is C8H18N2O3S. The van der Waals surface area contributed by atoms with Crippen molar-refractivity contribution in [3.8, 4) is 0 Å². The van der Waals surface area contributed by atoms with Crippen molar-refractivity contribution in [2.45, 2.75) is 18.2 Å². The van der Waals surface area contributed by atoms with Crippen LogP contribution in [0.1, 0.15) is 6.92 Å². The van der Waals surface area contributed by atoms with Crippen LogP contribution < -0.4 is 11.1 Å². The van der Waals surface area contributed by atoms with Gasteiger partial charge in [-0.05, 0) is 6.92 Å². The molecule has 3 atom stereocenters. The van der Waals surface area contributed by atoms with Gasteiger partial charge < -0.3 is 15.8 Å². The SMILES string of the molecule is COCC(N)C(=O)NCC(C)S(C)=O. The third-order valence-corrected chi connectivity index (χ3v) is 3.11. The first-order chi connectivity index (χ1) is 6.49. The zero-order chi connectivity index (χ0) is 11.1. The van der Waals surface area contributed by atoms with E-state index in [0.29, 0.717) is 6.54 Å². The number of carbonyl (C=O) groups excluding carboxylic acids is 1. The molecule has 0 saturated heterocycles. The number of nitrogens with two attached hydrogens (primary N) is 1. The number of hydrogen-bond donors (Lipinski definition) is 2. The van der Waals surface area contributed by atoms with E-state index in [2.05, 4.69) is 5.32 Å². The Morgan fingerprint density at radius 3 is 2.64 bits per heavy atom. The molecule has 0 saturated carbocycles. The maximum absolute atomic E-state index is 11.2. The van der Waals surface area contributed by atoms with E-state index < -0.39 is 16.8 Å². The molecule has 3 unspecified atom stereocenters. The fourth-order valence-electron chi connectivity index (χ4n) is 0.748. The predicted molar refractivity (Wildman–Crippen MR) is 56.4 cm³/mol. The molecule has 1 amide bonds. The Hall–Kier alpha value is -0.460. The molecule has 0 spiro atoms. The first-order valence-electron chi connectivity index (χ1n) is 4.33. The lowest BCUT2D eigenvalue weighted by molar-refractivity contribution is -0.123. The summed E-state index contributed by atoms with van der Waals surface area (Å²) < 4.78 is 15.7. The summed E-state index contributed by atoms with van der Waals surface area (Å²) in [5.74, 6) is -0.274. The molecule has 14 heavy (non-hydrogen) atoms. The van der Waals surface area contributed by atoms with Gasteiger partial charge in [0.2, 0.25) is 5.91 Å². The highest BCUT2D eigenvalue weighted by molar-refractivity contribution is 7.84. The van der Waals surface area contributed by atoms with Gasteiger partial charge in [-0.25, -0.2) is 0 Å². The molecule has 3 N–H and O–H groups in total. The van der Waals surface area contributed by atoms with Crippen LogP contribution in [0.2, 0.25) is 0 Å². The first-order valence-corrected chi connectivity index (χ1v) is 5.95. The number of hydrogen-bond acceptors (Lipinski definition) is 4. The highest BCUT2D eigenvalue weighted by atomic mass is 32.2. The van der Waals surface area contributed by atoms with Gasteiger partial charge in [0, 0.05) is 36.0 Å². The van der Waals surface area contributed by atoms with E-state index in [-0.39, 0.29) is 17.8 Å². The van der Waals surface area contributed by atoms with Crippen molar-refractivity contribution in [2.75, 3.05) is 26.5 Å². The van der Waals surface area contributed by atoms with E-state index in [0.717, 1.165) is 0 Å². The van der Waals surface area contributed by atoms with Gasteiger partial charge >= 0.3 is 0 Å². The third kappa shape index (κ3) is 5.31. The molecule has 5 nitrogen and oxygen atoms in total. The zero-order valence-electron chi connectivity index (χ0n) is 8.78. The summed E-state index contributed by atoms with van der Waals surface area (Å²) in [7, 11) is 0.553. The molecule has 0 aliphatic rings. The van der Waals surface area contributed by atoms with Crippen molar-refractivity contribution in [1.29, 1.82) is 0 Å². The Morgan fingerprint density at radius 1 is 1.64 bits per heavy atom. The summed E-state index contributed by atoms with van der Waals surface area (Å²) in [4.78, 5) is 11.2. The van der Waals surface area contributed by atoms with Crippen LogP contribution >= 0.6 is 0 Å². The van der Waals surface area contributed by atoms with Crippen molar-refractivity contribution in [3.63, 3.8) is 0 Å². The second-order valence-electron chi connectivity index (χ2n) is 3.12. The molecule has 0 rings (SSSR count). The largest absolute Gasteiger partial charge is 0.383 e. The maximum Gasteiger partial charge on any atom is 0.239 e. The van der Waals surface area contributed by atoms with E-state index >= 15 is 0 Å². The number of amides is 1. The van der Waals surface area contributed by atoms with E-state index in [9.17, 15) is 9.00 Å². The number of carbonyl (C=O) groups is 1. The minimum atomic E-state index is -0.930. The molecule has 0 bridgehead atoms. The fraction of sp³-hybridized carbons (Fsp3) is 0.875. The van der Waals surface area contributed by atoms with Crippen LogP contribution in [0.3, 0.4) is 0 Å². The summed E-state index contributed by atoms with van der Waals surface area (Å²) in [6.07, 6.45) is 1.60. The molecule has 0 aliphatic heterocycles. The minimum absolute atomic E-state index is 0.0614. The van der Waals surface area contributed by atoms with Gasteiger partial charge in [-0.1, -0.05) is 0 Å². The summed E-state index contributed by atoms with van der Waals surface area (Å²) in [6.45, 7) is 2.37. The lowest BCUT2D eigenvalue weighted by atomic mass is 10.3. The normalized spacial score (nSPS) is 17.1. The van der Waals surface area contributed by atoms with Crippen molar-refractivity contribution in [1.82, 2.24) is 5.32 Å². The van der Waals surface area contributed by atoms with Crippen LogP contribution in [0.5, 0.6) is 0 Å². The molecule has 0 aliphatic carbocycles. The van der Waals surface area contributed by atoms with E-state index in [1.54, 1.807) is 13.2 Å². The molecule has 0 radical (unpaired) electrons. The molecule has 0 aromatic rings. The van der Waals surface area contributed by atoms with Crippen LogP contribution in [0.15, 0.2) is 0 Å². The van der Waals surface area contributed by atoms with Gasteiger partial charge in [0.15, 0.2) is 0 Å². The standard InChI is InChI=1S/C8H18N2O3S/c1-6(14(3)12)4-10-8(11)7(9)5-13-2/h6-7H,4-5,9H2,1-3H3,(H,10,11). The van der Waals surface area contributed by atoms with Gasteiger partial charge in [0.1, 0.15) is 6.04 Å². The average Bonchev–Trinajstić information content (AvgIpc) is 2.13. The van der Waals surface area contributed by atoms with Crippen LogP contribution in [-0.2, 0) is 20.3 Å². The second kappa shape index (κ2) is 6.92. The molecule has 0 aromatic heterocycles.